The van der Waals surface area contributed by atoms with Crippen LogP contribution in [-0.4, -0.2) is 19.7 Å². The molecule has 1 heterocycles. The van der Waals surface area contributed by atoms with Crippen LogP contribution in [-0.2, 0) is 15.6 Å². The Morgan fingerprint density at radius 2 is 2.23 bits per heavy atom. The molecule has 1 aromatic heterocycles. The molecule has 3 nitrogen and oxygen atoms in total. The van der Waals surface area contributed by atoms with Crippen LogP contribution in [0.5, 0.6) is 0 Å². The quantitative estimate of drug-likeness (QED) is 0.788. The second-order valence-electron chi connectivity index (χ2n) is 2.54. The Morgan fingerprint density at radius 3 is 2.62 bits per heavy atom. The van der Waals surface area contributed by atoms with Crippen LogP contribution in [0.3, 0.4) is 0 Å². The zero-order chi connectivity index (χ0) is 10.1. The van der Waals surface area contributed by atoms with Gasteiger partial charge < -0.3 is 0 Å². The molecule has 0 N–H and O–H groups in total. The maximum Gasteiger partial charge on any atom is 0.281 e. The van der Waals surface area contributed by atoms with E-state index in [1.165, 1.54) is 5.38 Å². The molecular formula is C6H7F2NO2S2. The molecule has 0 aliphatic carbocycles. The van der Waals surface area contributed by atoms with E-state index >= 15 is 0 Å². The summed E-state index contributed by atoms with van der Waals surface area (Å²) in [7, 11) is -3.19. The van der Waals surface area contributed by atoms with E-state index in [1.807, 2.05) is 0 Å². The summed E-state index contributed by atoms with van der Waals surface area (Å²) in [6.07, 6.45) is -1.60. The standard InChI is InChI=1S/C6H7F2NO2S2/c1-13(10,11)3-5-9-4(2-12-5)6(7)8/h2,6H,3H2,1H3. The number of hydrogen-bond acceptors (Lipinski definition) is 4. The number of hydrogen-bond donors (Lipinski definition) is 0. The monoisotopic (exact) mass is 227 g/mol. The van der Waals surface area contributed by atoms with Crippen LogP contribution in [0.4, 0.5) is 8.78 Å². The minimum atomic E-state index is -3.19. The normalized spacial score (nSPS) is 12.3. The van der Waals surface area contributed by atoms with E-state index < -0.39 is 16.3 Å². The fourth-order valence-corrected chi connectivity index (χ4v) is 2.71. The summed E-state index contributed by atoms with van der Waals surface area (Å²) in [5, 5.41) is 1.38. The molecule has 0 unspecified atom stereocenters. The van der Waals surface area contributed by atoms with E-state index in [-0.39, 0.29) is 16.5 Å². The van der Waals surface area contributed by atoms with Gasteiger partial charge in [-0.25, -0.2) is 22.2 Å². The molecule has 1 aromatic rings. The minimum absolute atomic E-state index is 0.206. The average molecular weight is 227 g/mol. The van der Waals surface area contributed by atoms with Crippen molar-refractivity contribution < 1.29 is 17.2 Å². The molecule has 0 aliphatic rings. The highest BCUT2D eigenvalue weighted by Crippen LogP contribution is 2.21. The number of nitrogens with zero attached hydrogens (tertiary/aromatic N) is 1. The van der Waals surface area contributed by atoms with E-state index in [0.717, 1.165) is 17.6 Å². The highest BCUT2D eigenvalue weighted by atomic mass is 32.2. The molecule has 0 atom stereocenters. The van der Waals surface area contributed by atoms with E-state index in [0.29, 0.717) is 0 Å². The molecular weight excluding hydrogens is 220 g/mol. The van der Waals surface area contributed by atoms with Gasteiger partial charge in [0.1, 0.15) is 16.5 Å². The van der Waals surface area contributed by atoms with Crippen molar-refractivity contribution in [2.24, 2.45) is 0 Å². The second-order valence-corrected chi connectivity index (χ2v) is 5.62. The molecule has 1 rings (SSSR count). The van der Waals surface area contributed by atoms with Crippen molar-refractivity contribution >= 4 is 21.2 Å². The predicted molar refractivity (Wildman–Crippen MR) is 45.6 cm³/mol. The van der Waals surface area contributed by atoms with Gasteiger partial charge in [-0.2, -0.15) is 0 Å². The van der Waals surface area contributed by atoms with Gasteiger partial charge >= 0.3 is 0 Å². The fourth-order valence-electron chi connectivity index (χ4n) is 0.716. The van der Waals surface area contributed by atoms with E-state index in [4.69, 9.17) is 0 Å². The number of halogens is 2. The molecule has 74 valence electrons. The second kappa shape index (κ2) is 3.67. The summed E-state index contributed by atoms with van der Waals surface area (Å²) in [4.78, 5) is 3.48. The lowest BCUT2D eigenvalue weighted by atomic mass is 10.5. The lowest BCUT2D eigenvalue weighted by molar-refractivity contribution is 0.146. The van der Waals surface area contributed by atoms with Gasteiger partial charge in [0, 0.05) is 11.6 Å². The highest BCUT2D eigenvalue weighted by Gasteiger charge is 2.14. The Labute approximate surface area is 78.3 Å². The van der Waals surface area contributed by atoms with Crippen molar-refractivity contribution in [1.29, 1.82) is 0 Å². The summed E-state index contributed by atoms with van der Waals surface area (Å²) >= 11 is 0.934. The number of sulfone groups is 1. The van der Waals surface area contributed by atoms with Gasteiger partial charge in [0.15, 0.2) is 9.84 Å². The Kier molecular flexibility index (Phi) is 2.97. The average Bonchev–Trinajstić information content (AvgIpc) is 2.31. The van der Waals surface area contributed by atoms with Gasteiger partial charge in [-0.05, 0) is 0 Å². The van der Waals surface area contributed by atoms with Gasteiger partial charge in [0.25, 0.3) is 6.43 Å². The molecule has 0 fully saturated rings. The van der Waals surface area contributed by atoms with Crippen molar-refractivity contribution in [1.82, 2.24) is 4.98 Å². The van der Waals surface area contributed by atoms with Crippen molar-refractivity contribution in [3.63, 3.8) is 0 Å². The van der Waals surface area contributed by atoms with Crippen LogP contribution in [0.15, 0.2) is 5.38 Å². The Bertz CT molecular complexity index is 385. The lowest BCUT2D eigenvalue weighted by Crippen LogP contribution is -2.00. The maximum absolute atomic E-state index is 12.0. The van der Waals surface area contributed by atoms with E-state index in [1.54, 1.807) is 0 Å². The number of aromatic nitrogens is 1. The molecule has 0 radical (unpaired) electrons. The van der Waals surface area contributed by atoms with Crippen LogP contribution in [0.1, 0.15) is 17.1 Å². The lowest BCUT2D eigenvalue weighted by Gasteiger charge is -1.92. The van der Waals surface area contributed by atoms with Gasteiger partial charge in [0.05, 0.1) is 0 Å². The minimum Gasteiger partial charge on any atom is -0.239 e. The SMILES string of the molecule is CS(=O)(=O)Cc1nc(C(F)F)cs1. The first-order valence-corrected chi connectivity index (χ1v) is 6.22. The summed E-state index contributed by atoms with van der Waals surface area (Å²) in [5.41, 5.74) is -0.358. The first-order chi connectivity index (χ1) is 5.88. The molecule has 0 aromatic carbocycles. The smallest absolute Gasteiger partial charge is 0.239 e. The van der Waals surface area contributed by atoms with Crippen molar-refractivity contribution in [2.45, 2.75) is 12.2 Å². The van der Waals surface area contributed by atoms with Gasteiger partial charge in [-0.1, -0.05) is 0 Å². The van der Waals surface area contributed by atoms with Crippen LogP contribution in [0.25, 0.3) is 0 Å². The zero-order valence-electron chi connectivity index (χ0n) is 6.70. The molecule has 13 heavy (non-hydrogen) atoms. The van der Waals surface area contributed by atoms with Crippen molar-refractivity contribution in [3.05, 3.63) is 16.1 Å². The third kappa shape index (κ3) is 3.35. The summed E-state index contributed by atoms with van der Waals surface area (Å²) in [6.45, 7) is 0. The first-order valence-electron chi connectivity index (χ1n) is 3.28. The third-order valence-corrected chi connectivity index (χ3v) is 3.03. The van der Waals surface area contributed by atoms with E-state index in [2.05, 4.69) is 4.98 Å². The predicted octanol–water partition coefficient (Wildman–Crippen LogP) is 1.63. The first kappa shape index (κ1) is 10.5. The van der Waals surface area contributed by atoms with Crippen LogP contribution < -0.4 is 0 Å². The molecule has 0 amide bonds. The molecule has 0 bridgehead atoms. The van der Waals surface area contributed by atoms with Crippen LogP contribution >= 0.6 is 11.3 Å². The fraction of sp³-hybridized carbons (Fsp3) is 0.500. The molecule has 0 saturated carbocycles. The topological polar surface area (TPSA) is 47.0 Å². The van der Waals surface area contributed by atoms with Crippen LogP contribution in [0.2, 0.25) is 0 Å². The molecule has 0 saturated heterocycles. The Hall–Kier alpha value is -0.560. The third-order valence-electron chi connectivity index (χ3n) is 1.18. The summed E-state index contributed by atoms with van der Waals surface area (Å²) in [5.74, 6) is -0.273. The van der Waals surface area contributed by atoms with Crippen LogP contribution in [0, 0.1) is 0 Å². The van der Waals surface area contributed by atoms with Gasteiger partial charge in [0.2, 0.25) is 0 Å². The number of rotatable bonds is 3. The van der Waals surface area contributed by atoms with Crippen molar-refractivity contribution in [2.75, 3.05) is 6.26 Å². The largest absolute Gasteiger partial charge is 0.281 e. The number of alkyl halides is 2. The highest BCUT2D eigenvalue weighted by molar-refractivity contribution is 7.90. The Balaban J connectivity index is 2.81. The molecule has 0 aliphatic heterocycles. The summed E-state index contributed by atoms with van der Waals surface area (Å²) in [6, 6.07) is 0. The molecule has 0 spiro atoms. The zero-order valence-corrected chi connectivity index (χ0v) is 8.33. The van der Waals surface area contributed by atoms with Gasteiger partial charge in [-0.15, -0.1) is 11.3 Å². The van der Waals surface area contributed by atoms with Crippen molar-refractivity contribution in [3.8, 4) is 0 Å². The number of thiazole rings is 1. The summed E-state index contributed by atoms with van der Waals surface area (Å²) < 4.78 is 45.5. The maximum atomic E-state index is 12.0. The van der Waals surface area contributed by atoms with Gasteiger partial charge in [-0.3, -0.25) is 0 Å². The van der Waals surface area contributed by atoms with E-state index in [9.17, 15) is 17.2 Å². The Morgan fingerprint density at radius 1 is 1.62 bits per heavy atom. The molecule has 7 heteroatoms.